The Bertz CT molecular complexity index is 1890. The van der Waals surface area contributed by atoms with Crippen molar-refractivity contribution >= 4 is 72.4 Å². The van der Waals surface area contributed by atoms with Crippen LogP contribution in [0.15, 0.2) is 23.8 Å². The molecule has 23 heteroatoms. The number of aromatic nitrogens is 8. The van der Waals surface area contributed by atoms with Gasteiger partial charge in [0.25, 0.3) is 12.1 Å². The van der Waals surface area contributed by atoms with Crippen molar-refractivity contribution in [2.45, 2.75) is 48.4 Å². The van der Waals surface area contributed by atoms with Gasteiger partial charge in [0.1, 0.15) is 35.9 Å². The summed E-state index contributed by atoms with van der Waals surface area (Å²) < 4.78 is 58.1. The summed E-state index contributed by atoms with van der Waals surface area (Å²) in [5.74, 6) is 0.0220. The van der Waals surface area contributed by atoms with E-state index in [1.165, 1.54) is 23.5 Å². The minimum absolute atomic E-state index is 0.0165. The molecular weight excluding hydrogens is 662 g/mol. The number of imidazole rings is 2. The number of ether oxygens (including phenoxy) is 3. The summed E-state index contributed by atoms with van der Waals surface area (Å²) in [5.41, 5.74) is 9.55. The van der Waals surface area contributed by atoms with E-state index in [4.69, 9.17) is 34.7 Å². The summed E-state index contributed by atoms with van der Waals surface area (Å²) in [6.45, 7) is -4.48. The second-order valence-electron chi connectivity index (χ2n) is 10.5. The van der Waals surface area contributed by atoms with Gasteiger partial charge in [-0.25, -0.2) is 19.9 Å². The van der Waals surface area contributed by atoms with Gasteiger partial charge in [-0.05, 0) is 6.42 Å². The van der Waals surface area contributed by atoms with Gasteiger partial charge in [0.15, 0.2) is 28.9 Å². The highest BCUT2D eigenvalue weighted by atomic mass is 32.7. The summed E-state index contributed by atoms with van der Waals surface area (Å²) in [6.07, 6.45) is -0.448. The fourth-order valence-corrected chi connectivity index (χ4v) is 8.75. The van der Waals surface area contributed by atoms with E-state index < -0.39 is 61.4 Å². The van der Waals surface area contributed by atoms with Crippen molar-refractivity contribution < 1.29 is 37.5 Å². The van der Waals surface area contributed by atoms with E-state index in [1.807, 2.05) is 0 Å². The van der Waals surface area contributed by atoms with E-state index >= 15 is 0 Å². The number of hydrogen-bond acceptors (Lipinski definition) is 16. The van der Waals surface area contributed by atoms with Crippen molar-refractivity contribution in [2.24, 2.45) is 0 Å². The topological polar surface area (TPSA) is 260 Å². The molecule has 3 aliphatic rings. The number of nitrogens with zero attached hydrogens (tertiary/aromatic N) is 7. The van der Waals surface area contributed by atoms with Crippen molar-refractivity contribution in [1.29, 1.82) is 0 Å². The van der Waals surface area contributed by atoms with E-state index in [0.717, 1.165) is 0 Å². The highest BCUT2D eigenvalue weighted by Crippen LogP contribution is 2.64. The summed E-state index contributed by atoms with van der Waals surface area (Å²) in [5, 5.41) is 11.2. The maximum atomic E-state index is 14.2. The molecule has 9 atom stereocenters. The normalized spacial score (nSPS) is 32.1. The van der Waals surface area contributed by atoms with Gasteiger partial charge >= 0.3 is 0 Å². The fourth-order valence-electron chi connectivity index (χ4n) is 5.77. The zero-order valence-electron chi connectivity index (χ0n) is 22.4. The molecule has 0 saturated carbocycles. The molecule has 3 saturated heterocycles. The first-order valence-electron chi connectivity index (χ1n) is 13.1. The molecule has 6 N–H and O–H groups in total. The van der Waals surface area contributed by atoms with Crippen LogP contribution in [0, 0.1) is 0 Å². The lowest BCUT2D eigenvalue weighted by molar-refractivity contribution is -0.182. The first kappa shape index (κ1) is 30.1. The molecule has 19 nitrogen and oxygen atoms in total. The maximum absolute atomic E-state index is 14.2. The van der Waals surface area contributed by atoms with Crippen LogP contribution >= 0.6 is 38.3 Å². The van der Waals surface area contributed by atoms with Gasteiger partial charge in [-0.1, -0.05) is 24.5 Å². The van der Waals surface area contributed by atoms with E-state index in [-0.39, 0.29) is 49.2 Å². The number of aliphatic hydroxyl groups is 1. The second kappa shape index (κ2) is 11.0. The van der Waals surface area contributed by atoms with Gasteiger partial charge in [0.05, 0.1) is 44.2 Å². The van der Waals surface area contributed by atoms with Crippen LogP contribution in [-0.2, 0) is 32.4 Å². The maximum Gasteiger partial charge on any atom is 0.280 e. The Balaban J connectivity index is 1.15. The summed E-state index contributed by atoms with van der Waals surface area (Å²) in [4.78, 5) is 35.4. The lowest BCUT2D eigenvalue weighted by atomic mass is 10.0. The van der Waals surface area contributed by atoms with Crippen molar-refractivity contribution in [3.05, 3.63) is 29.3 Å². The number of hydrogen-bond donors (Lipinski definition) is 6. The Labute approximate surface area is 257 Å². The Morgan fingerprint density at radius 1 is 1.18 bits per heavy atom. The number of rotatable bonds is 9. The van der Waals surface area contributed by atoms with E-state index in [2.05, 4.69) is 54.4 Å². The van der Waals surface area contributed by atoms with Gasteiger partial charge in [-0.3, -0.25) is 28.0 Å². The van der Waals surface area contributed by atoms with Crippen molar-refractivity contribution in [3.8, 4) is 0 Å². The Morgan fingerprint density at radius 2 is 1.93 bits per heavy atom. The van der Waals surface area contributed by atoms with Crippen molar-refractivity contribution in [1.82, 2.24) is 39.0 Å². The summed E-state index contributed by atoms with van der Waals surface area (Å²) >= 11 is 8.26. The Kier molecular flexibility index (Phi) is 7.55. The molecule has 0 spiro atoms. The molecule has 3 aliphatic heterocycles. The van der Waals surface area contributed by atoms with Crippen LogP contribution in [0.2, 0.25) is 0 Å². The van der Waals surface area contributed by atoms with Crippen LogP contribution in [0.1, 0.15) is 18.9 Å². The van der Waals surface area contributed by atoms with Gasteiger partial charge < -0.3 is 39.8 Å². The van der Waals surface area contributed by atoms with E-state index in [9.17, 15) is 19.0 Å². The minimum Gasteiger partial charge on any atom is -0.387 e. The number of thiol groups is 2. The third kappa shape index (κ3) is 4.95. The minimum atomic E-state index is -3.94. The lowest BCUT2D eigenvalue weighted by Crippen LogP contribution is -2.45. The number of H-pyrrole nitrogens is 1. The highest BCUT2D eigenvalue weighted by molar-refractivity contribution is 8.46. The molecule has 7 rings (SSSR count). The van der Waals surface area contributed by atoms with Crippen LogP contribution < -0.4 is 17.0 Å². The van der Waals surface area contributed by atoms with E-state index in [1.54, 1.807) is 4.57 Å². The first-order chi connectivity index (χ1) is 21.0. The number of nitrogen functional groups attached to an aromatic ring is 2. The van der Waals surface area contributed by atoms with Crippen LogP contribution in [0.4, 0.5) is 11.8 Å². The molecule has 3 fully saturated rings. The standard InChI is InChI=1S/C21H26N10O9P2S2/c22-14-10-15(25-5-24-14)30(6-26-10)19-12-13(32)21(40-19,3-36-12)4-38-42(35,44)9-1-8(2-37-41(34)43)39-18(9)31-7-27-11-16(31)28-20(23)29-17(11)33/h5-9,12-13,18-19,32,41H,1-4H2,(H,34,43)(H,35,44)(H2,22,24,25)(H3,23,28,29,33)/t8-,9+,12+,13-,18+,19+,21+,42?/m0/s1. The fraction of sp³-hybridized carbons (Fsp3) is 0.524. The average molecular weight is 689 g/mol. The predicted molar refractivity (Wildman–Crippen MR) is 160 cm³/mol. The van der Waals surface area contributed by atoms with Gasteiger partial charge in [0, 0.05) is 0 Å². The molecular formula is C21H26N10O9P2S2. The van der Waals surface area contributed by atoms with Crippen molar-refractivity contribution in [3.63, 3.8) is 0 Å². The number of nitrogens with two attached hydrogens (primary N) is 2. The van der Waals surface area contributed by atoms with Crippen LogP contribution in [-0.4, -0.2) is 93.5 Å². The second-order valence-corrected chi connectivity index (χ2v) is 16.2. The summed E-state index contributed by atoms with van der Waals surface area (Å²) in [6, 6.07) is 0. The average Bonchev–Trinajstić information content (AvgIpc) is 3.79. The molecule has 4 aromatic rings. The SMILES string of the molecule is Nc1nc2c(ncn2[C@@H]2O[C@H](CO[PH](=O)S)C[C@H]2P(=O)(S)OC[C@@]23CO[C@@H]([C@H](n4cnc5c(N)ncnc54)O2)[C@@H]3O)c(=O)[nH]1. The molecule has 7 heterocycles. The third-order valence-electron chi connectivity index (χ3n) is 7.86. The van der Waals surface area contributed by atoms with Gasteiger partial charge in [-0.2, -0.15) is 4.98 Å². The molecule has 2 unspecified atom stereocenters. The molecule has 236 valence electrons. The molecule has 0 aromatic carbocycles. The Hall–Kier alpha value is -2.58. The monoisotopic (exact) mass is 688 g/mol. The van der Waals surface area contributed by atoms with E-state index in [0.29, 0.717) is 11.2 Å². The van der Waals surface area contributed by atoms with Gasteiger partial charge in [0.2, 0.25) is 13.2 Å². The smallest absolute Gasteiger partial charge is 0.280 e. The van der Waals surface area contributed by atoms with Crippen molar-refractivity contribution in [2.75, 3.05) is 31.3 Å². The van der Waals surface area contributed by atoms with Crippen LogP contribution in [0.5, 0.6) is 0 Å². The quantitative estimate of drug-likeness (QED) is 0.102. The molecule has 4 aromatic heterocycles. The third-order valence-corrected chi connectivity index (χ3v) is 11.7. The number of aliphatic hydroxyl groups excluding tert-OH is 1. The molecule has 44 heavy (non-hydrogen) atoms. The first-order valence-corrected chi connectivity index (χ1v) is 18.5. The molecule has 2 bridgehead atoms. The lowest BCUT2D eigenvalue weighted by Gasteiger charge is -2.33. The molecule has 0 aliphatic carbocycles. The van der Waals surface area contributed by atoms with Crippen LogP contribution in [0.25, 0.3) is 22.3 Å². The highest BCUT2D eigenvalue weighted by Gasteiger charge is 2.63. The largest absolute Gasteiger partial charge is 0.387 e. The number of aromatic amines is 1. The Morgan fingerprint density at radius 3 is 2.70 bits per heavy atom. The number of anilines is 2. The van der Waals surface area contributed by atoms with Gasteiger partial charge in [-0.15, -0.1) is 0 Å². The zero-order chi connectivity index (χ0) is 31.0. The zero-order valence-corrected chi connectivity index (χ0v) is 26.0. The molecule has 0 radical (unpaired) electrons. The molecule has 0 amide bonds. The van der Waals surface area contributed by atoms with Crippen LogP contribution in [0.3, 0.4) is 0 Å². The number of nitrogens with one attached hydrogen (secondary N) is 1. The predicted octanol–water partition coefficient (Wildman–Crippen LogP) is 0.283. The summed E-state index contributed by atoms with van der Waals surface area (Å²) in [7, 11) is -2.59. The number of fused-ring (bicyclic) bond motifs is 4.